The first-order chi connectivity index (χ1) is 11.9. The Kier molecular flexibility index (Phi) is 6.48. The van der Waals surface area contributed by atoms with Crippen LogP contribution in [0.25, 0.3) is 11.1 Å². The standard InChI is InChI=1S/C20H23F3O2/c1-3-14-6-9-17(18(12-14)20(21,22)23)16-8-7-15(4-2)19(13-16)25-11-5-10-24/h6-9,12-13,24H,3-5,10-11H2,1-2H3. The monoisotopic (exact) mass is 352 g/mol. The molecule has 0 radical (unpaired) electrons. The predicted octanol–water partition coefficient (Wildman–Crippen LogP) is 5.26. The number of hydrogen-bond acceptors (Lipinski definition) is 2. The summed E-state index contributed by atoms with van der Waals surface area (Å²) in [6.45, 7) is 4.13. The van der Waals surface area contributed by atoms with Gasteiger partial charge in [-0.25, -0.2) is 0 Å². The zero-order valence-corrected chi connectivity index (χ0v) is 14.5. The van der Waals surface area contributed by atoms with Crippen LogP contribution in [0.4, 0.5) is 13.2 Å². The van der Waals surface area contributed by atoms with E-state index in [0.717, 1.165) is 12.0 Å². The van der Waals surface area contributed by atoms with E-state index in [0.29, 0.717) is 36.3 Å². The number of benzene rings is 2. The highest BCUT2D eigenvalue weighted by Gasteiger charge is 2.34. The summed E-state index contributed by atoms with van der Waals surface area (Å²) < 4.78 is 46.1. The van der Waals surface area contributed by atoms with Gasteiger partial charge in [0, 0.05) is 13.0 Å². The van der Waals surface area contributed by atoms with Crippen LogP contribution in [0, 0.1) is 0 Å². The zero-order chi connectivity index (χ0) is 18.4. The van der Waals surface area contributed by atoms with Crippen LogP contribution in [0.2, 0.25) is 0 Å². The number of hydrogen-bond donors (Lipinski definition) is 1. The van der Waals surface area contributed by atoms with Gasteiger partial charge in [0.25, 0.3) is 0 Å². The molecule has 0 saturated carbocycles. The van der Waals surface area contributed by atoms with Crippen LogP contribution in [0.1, 0.15) is 37.0 Å². The van der Waals surface area contributed by atoms with Crippen molar-refractivity contribution in [1.82, 2.24) is 0 Å². The van der Waals surface area contributed by atoms with Crippen molar-refractivity contribution in [2.75, 3.05) is 13.2 Å². The van der Waals surface area contributed by atoms with E-state index >= 15 is 0 Å². The van der Waals surface area contributed by atoms with Crippen molar-refractivity contribution < 1.29 is 23.0 Å². The molecule has 0 saturated heterocycles. The summed E-state index contributed by atoms with van der Waals surface area (Å²) in [5, 5.41) is 8.87. The molecule has 2 rings (SSSR count). The predicted molar refractivity (Wildman–Crippen MR) is 92.8 cm³/mol. The Bertz CT molecular complexity index is 709. The minimum Gasteiger partial charge on any atom is -0.493 e. The van der Waals surface area contributed by atoms with E-state index in [4.69, 9.17) is 9.84 Å². The highest BCUT2D eigenvalue weighted by Crippen LogP contribution is 2.39. The fourth-order valence-corrected chi connectivity index (χ4v) is 2.69. The first-order valence-electron chi connectivity index (χ1n) is 8.47. The number of aliphatic hydroxyl groups is 1. The van der Waals surface area contributed by atoms with Crippen LogP contribution in [0.3, 0.4) is 0 Å². The summed E-state index contributed by atoms with van der Waals surface area (Å²) in [4.78, 5) is 0. The molecule has 5 heteroatoms. The van der Waals surface area contributed by atoms with E-state index in [1.165, 1.54) is 12.1 Å². The second kappa shape index (κ2) is 8.39. The van der Waals surface area contributed by atoms with Gasteiger partial charge in [0.05, 0.1) is 12.2 Å². The molecule has 0 fully saturated rings. The van der Waals surface area contributed by atoms with Gasteiger partial charge in [0.15, 0.2) is 0 Å². The minimum atomic E-state index is -4.41. The van der Waals surface area contributed by atoms with Crippen LogP contribution in [-0.4, -0.2) is 18.3 Å². The second-order valence-electron chi connectivity index (χ2n) is 5.83. The summed E-state index contributed by atoms with van der Waals surface area (Å²) >= 11 is 0. The molecule has 0 aliphatic rings. The molecular formula is C20H23F3O2. The molecule has 0 aliphatic heterocycles. The quantitative estimate of drug-likeness (QED) is 0.689. The van der Waals surface area contributed by atoms with Gasteiger partial charge in [-0.2, -0.15) is 13.2 Å². The number of rotatable bonds is 7. The van der Waals surface area contributed by atoms with Crippen LogP contribution >= 0.6 is 0 Å². The fraction of sp³-hybridized carbons (Fsp3) is 0.400. The average molecular weight is 352 g/mol. The third-order valence-corrected chi connectivity index (χ3v) is 4.12. The Balaban J connectivity index is 2.49. The van der Waals surface area contributed by atoms with Crippen LogP contribution in [0.15, 0.2) is 36.4 Å². The molecule has 0 aromatic heterocycles. The van der Waals surface area contributed by atoms with Gasteiger partial charge >= 0.3 is 6.18 Å². The lowest BCUT2D eigenvalue weighted by molar-refractivity contribution is -0.137. The van der Waals surface area contributed by atoms with Crippen LogP contribution in [0.5, 0.6) is 5.75 Å². The summed E-state index contributed by atoms with van der Waals surface area (Å²) in [5.41, 5.74) is 1.59. The molecule has 0 amide bonds. The van der Waals surface area contributed by atoms with E-state index in [1.54, 1.807) is 24.3 Å². The molecule has 0 heterocycles. The van der Waals surface area contributed by atoms with Gasteiger partial charge in [-0.1, -0.05) is 38.1 Å². The van der Waals surface area contributed by atoms with Crippen molar-refractivity contribution in [2.24, 2.45) is 0 Å². The number of aryl methyl sites for hydroxylation is 2. The Morgan fingerprint density at radius 3 is 2.36 bits per heavy atom. The van der Waals surface area contributed by atoms with Crippen LogP contribution in [-0.2, 0) is 19.0 Å². The molecule has 136 valence electrons. The molecular weight excluding hydrogens is 329 g/mol. The van der Waals surface area contributed by atoms with Crippen LogP contribution < -0.4 is 4.74 Å². The van der Waals surface area contributed by atoms with Crippen molar-refractivity contribution in [3.05, 3.63) is 53.1 Å². The number of ether oxygens (including phenoxy) is 1. The molecule has 0 spiro atoms. The van der Waals surface area contributed by atoms with Gasteiger partial charge in [-0.05, 0) is 47.2 Å². The minimum absolute atomic E-state index is 0.0118. The van der Waals surface area contributed by atoms with E-state index in [2.05, 4.69) is 0 Å². The second-order valence-corrected chi connectivity index (χ2v) is 5.83. The first kappa shape index (κ1) is 19.3. The van der Waals surface area contributed by atoms with Crippen molar-refractivity contribution in [1.29, 1.82) is 0 Å². The van der Waals surface area contributed by atoms with E-state index in [-0.39, 0.29) is 12.2 Å². The number of halogens is 3. The largest absolute Gasteiger partial charge is 0.493 e. The number of aliphatic hydroxyl groups excluding tert-OH is 1. The molecule has 1 N–H and O–H groups in total. The van der Waals surface area contributed by atoms with Gasteiger partial charge in [0.2, 0.25) is 0 Å². The molecule has 2 nitrogen and oxygen atoms in total. The SMILES string of the molecule is CCc1ccc(-c2ccc(CC)c(OCCCO)c2)c(C(F)(F)F)c1. The van der Waals surface area contributed by atoms with Crippen molar-refractivity contribution in [3.8, 4) is 16.9 Å². The molecule has 2 aromatic carbocycles. The maximum atomic E-state index is 13.5. The van der Waals surface area contributed by atoms with Crippen molar-refractivity contribution in [2.45, 2.75) is 39.3 Å². The lowest BCUT2D eigenvalue weighted by atomic mass is 9.95. The lowest BCUT2D eigenvalue weighted by Crippen LogP contribution is -2.08. The fourth-order valence-electron chi connectivity index (χ4n) is 2.69. The Morgan fingerprint density at radius 1 is 1.00 bits per heavy atom. The molecule has 0 bridgehead atoms. The molecule has 25 heavy (non-hydrogen) atoms. The molecule has 0 atom stereocenters. The highest BCUT2D eigenvalue weighted by atomic mass is 19.4. The van der Waals surface area contributed by atoms with Crippen molar-refractivity contribution >= 4 is 0 Å². The maximum Gasteiger partial charge on any atom is 0.417 e. The first-order valence-corrected chi connectivity index (χ1v) is 8.47. The summed E-state index contributed by atoms with van der Waals surface area (Å²) in [6, 6.07) is 9.64. The lowest BCUT2D eigenvalue weighted by Gasteiger charge is -2.17. The zero-order valence-electron chi connectivity index (χ0n) is 14.5. The van der Waals surface area contributed by atoms with Gasteiger partial charge in [-0.15, -0.1) is 0 Å². The van der Waals surface area contributed by atoms with Gasteiger partial charge < -0.3 is 9.84 Å². The van der Waals surface area contributed by atoms with E-state index < -0.39 is 11.7 Å². The molecule has 0 unspecified atom stereocenters. The van der Waals surface area contributed by atoms with Crippen molar-refractivity contribution in [3.63, 3.8) is 0 Å². The Hall–Kier alpha value is -2.01. The normalized spacial score (nSPS) is 11.6. The molecule has 2 aromatic rings. The van der Waals surface area contributed by atoms with Gasteiger partial charge in [0.1, 0.15) is 5.75 Å². The Morgan fingerprint density at radius 2 is 1.76 bits per heavy atom. The maximum absolute atomic E-state index is 13.5. The van der Waals surface area contributed by atoms with E-state index in [9.17, 15) is 13.2 Å². The number of alkyl halides is 3. The summed E-state index contributed by atoms with van der Waals surface area (Å²) in [6.07, 6.45) is -2.67. The highest BCUT2D eigenvalue weighted by molar-refractivity contribution is 5.70. The third kappa shape index (κ3) is 4.75. The topological polar surface area (TPSA) is 29.5 Å². The Labute approximate surface area is 146 Å². The smallest absolute Gasteiger partial charge is 0.417 e. The summed E-state index contributed by atoms with van der Waals surface area (Å²) in [7, 11) is 0. The van der Waals surface area contributed by atoms with E-state index in [1.807, 2.05) is 13.8 Å². The average Bonchev–Trinajstić information content (AvgIpc) is 2.60. The van der Waals surface area contributed by atoms with Gasteiger partial charge in [-0.3, -0.25) is 0 Å². The summed E-state index contributed by atoms with van der Waals surface area (Å²) in [5.74, 6) is 0.571. The molecule has 0 aliphatic carbocycles. The third-order valence-electron chi connectivity index (χ3n) is 4.12.